The molecule has 90 valence electrons. The van der Waals surface area contributed by atoms with E-state index < -0.39 is 29.4 Å². The van der Waals surface area contributed by atoms with Crippen molar-refractivity contribution in [3.63, 3.8) is 0 Å². The van der Waals surface area contributed by atoms with Crippen LogP contribution in [0.15, 0.2) is 18.2 Å². The van der Waals surface area contributed by atoms with Gasteiger partial charge in [0.05, 0.1) is 5.69 Å². The predicted molar refractivity (Wildman–Crippen MR) is 54.5 cm³/mol. The maximum absolute atomic E-state index is 13.4. The van der Waals surface area contributed by atoms with E-state index in [9.17, 15) is 18.4 Å². The van der Waals surface area contributed by atoms with Crippen LogP contribution >= 0.6 is 0 Å². The fraction of sp³-hybridized carbons (Fsp3) is 0.273. The van der Waals surface area contributed by atoms with E-state index in [-0.39, 0.29) is 18.7 Å². The third-order valence-corrected chi connectivity index (χ3v) is 2.70. The Balaban J connectivity index is 2.30. The zero-order chi connectivity index (χ0) is 12.6. The molecule has 0 aliphatic carbocycles. The fourth-order valence-corrected chi connectivity index (χ4v) is 1.85. The molecule has 0 bridgehead atoms. The summed E-state index contributed by atoms with van der Waals surface area (Å²) in [6.45, 7) is 0.123. The Hall–Kier alpha value is -1.98. The predicted octanol–water partition coefficient (Wildman–Crippen LogP) is 1.40. The quantitative estimate of drug-likeness (QED) is 0.796. The highest BCUT2D eigenvalue weighted by Crippen LogP contribution is 2.27. The second-order valence-corrected chi connectivity index (χ2v) is 3.77. The van der Waals surface area contributed by atoms with Crippen molar-refractivity contribution in [3.8, 4) is 0 Å². The summed E-state index contributed by atoms with van der Waals surface area (Å²) in [5.74, 6) is -4.64. The summed E-state index contributed by atoms with van der Waals surface area (Å²) in [6.07, 6.45) is 0.130. The first-order chi connectivity index (χ1) is 8.00. The standard InChI is InChI=1S/C11H9F2NO3/c12-6-1-2-9(8(13)5-6)14-4-3-7(10(14)15)11(16)17/h1-2,5,7H,3-4H2,(H,16,17). The molecule has 4 nitrogen and oxygen atoms in total. The maximum atomic E-state index is 13.4. The van der Waals surface area contributed by atoms with Crippen molar-refractivity contribution in [1.82, 2.24) is 0 Å². The molecule has 1 aliphatic heterocycles. The van der Waals surface area contributed by atoms with Crippen LogP contribution in [-0.2, 0) is 9.59 Å². The van der Waals surface area contributed by atoms with Crippen molar-refractivity contribution in [3.05, 3.63) is 29.8 Å². The van der Waals surface area contributed by atoms with Crippen LogP contribution in [0.5, 0.6) is 0 Å². The molecule has 1 amide bonds. The molecule has 1 aliphatic rings. The number of carbonyl (C=O) groups is 2. The summed E-state index contributed by atoms with van der Waals surface area (Å²) in [4.78, 5) is 23.4. The number of anilines is 1. The Morgan fingerprint density at radius 1 is 1.41 bits per heavy atom. The Kier molecular flexibility index (Phi) is 2.79. The van der Waals surface area contributed by atoms with Gasteiger partial charge in [0.1, 0.15) is 17.6 Å². The number of carboxylic acid groups (broad SMARTS) is 1. The lowest BCUT2D eigenvalue weighted by Crippen LogP contribution is -2.30. The van der Waals surface area contributed by atoms with Gasteiger partial charge in [-0.1, -0.05) is 0 Å². The molecule has 1 aromatic carbocycles. The van der Waals surface area contributed by atoms with E-state index in [0.717, 1.165) is 17.0 Å². The van der Waals surface area contributed by atoms with Crippen LogP contribution in [0.3, 0.4) is 0 Å². The number of carboxylic acids is 1. The summed E-state index contributed by atoms with van der Waals surface area (Å²) in [5, 5.41) is 8.76. The van der Waals surface area contributed by atoms with Gasteiger partial charge in [0, 0.05) is 12.6 Å². The molecule has 1 saturated heterocycles. The molecule has 1 fully saturated rings. The van der Waals surface area contributed by atoms with Gasteiger partial charge in [0.25, 0.3) is 0 Å². The second kappa shape index (κ2) is 4.12. The van der Waals surface area contributed by atoms with Crippen molar-refractivity contribution < 1.29 is 23.5 Å². The van der Waals surface area contributed by atoms with E-state index >= 15 is 0 Å². The van der Waals surface area contributed by atoms with E-state index in [1.807, 2.05) is 0 Å². The van der Waals surface area contributed by atoms with E-state index in [4.69, 9.17) is 5.11 Å². The molecular weight excluding hydrogens is 232 g/mol. The third-order valence-electron chi connectivity index (χ3n) is 2.70. The summed E-state index contributed by atoms with van der Waals surface area (Å²) in [5.41, 5.74) is -0.0832. The molecule has 0 radical (unpaired) electrons. The lowest BCUT2D eigenvalue weighted by Gasteiger charge is -2.16. The van der Waals surface area contributed by atoms with Gasteiger partial charge in [0.15, 0.2) is 0 Å². The minimum Gasteiger partial charge on any atom is -0.481 e. The molecule has 6 heteroatoms. The van der Waals surface area contributed by atoms with Crippen LogP contribution in [0.2, 0.25) is 0 Å². The molecule has 0 aromatic heterocycles. The largest absolute Gasteiger partial charge is 0.481 e. The van der Waals surface area contributed by atoms with Crippen molar-refractivity contribution >= 4 is 17.6 Å². The van der Waals surface area contributed by atoms with E-state index in [1.165, 1.54) is 0 Å². The van der Waals surface area contributed by atoms with Crippen molar-refractivity contribution in [2.24, 2.45) is 5.92 Å². The molecule has 1 heterocycles. The smallest absolute Gasteiger partial charge is 0.316 e. The highest BCUT2D eigenvalue weighted by Gasteiger charge is 2.38. The van der Waals surface area contributed by atoms with Crippen LogP contribution in [0.1, 0.15) is 6.42 Å². The number of carbonyl (C=O) groups excluding carboxylic acids is 1. The summed E-state index contributed by atoms with van der Waals surface area (Å²) in [6, 6.07) is 2.82. The highest BCUT2D eigenvalue weighted by molar-refractivity contribution is 6.07. The number of aliphatic carboxylic acids is 1. The van der Waals surface area contributed by atoms with Gasteiger partial charge >= 0.3 is 5.97 Å². The molecule has 0 spiro atoms. The van der Waals surface area contributed by atoms with Gasteiger partial charge in [-0.05, 0) is 18.6 Å². The van der Waals surface area contributed by atoms with E-state index in [2.05, 4.69) is 0 Å². The average molecular weight is 241 g/mol. The van der Waals surface area contributed by atoms with Gasteiger partial charge in [-0.2, -0.15) is 0 Å². The molecule has 0 saturated carbocycles. The minimum absolute atomic E-state index is 0.0832. The number of benzene rings is 1. The SMILES string of the molecule is O=C(O)C1CCN(c2ccc(F)cc2F)C1=O. The van der Waals surface area contributed by atoms with Crippen LogP contribution in [0.25, 0.3) is 0 Å². The topological polar surface area (TPSA) is 57.6 Å². The van der Waals surface area contributed by atoms with Crippen LogP contribution in [0.4, 0.5) is 14.5 Å². The van der Waals surface area contributed by atoms with Gasteiger partial charge in [-0.25, -0.2) is 8.78 Å². The number of nitrogens with zero attached hydrogens (tertiary/aromatic N) is 1. The lowest BCUT2D eigenvalue weighted by molar-refractivity contribution is -0.144. The molecule has 17 heavy (non-hydrogen) atoms. The number of rotatable bonds is 2. The molecule has 1 aromatic rings. The Labute approximate surface area is 95.5 Å². The molecule has 1 unspecified atom stereocenters. The fourth-order valence-electron chi connectivity index (χ4n) is 1.85. The summed E-state index contributed by atoms with van der Waals surface area (Å²) in [7, 11) is 0. The Morgan fingerprint density at radius 2 is 2.12 bits per heavy atom. The van der Waals surface area contributed by atoms with Crippen LogP contribution < -0.4 is 4.90 Å². The first-order valence-corrected chi connectivity index (χ1v) is 5.00. The minimum atomic E-state index is -1.22. The first kappa shape index (κ1) is 11.5. The van der Waals surface area contributed by atoms with Gasteiger partial charge in [0.2, 0.25) is 5.91 Å². The zero-order valence-corrected chi connectivity index (χ0v) is 8.69. The normalized spacial score (nSPS) is 19.8. The Morgan fingerprint density at radius 3 is 2.65 bits per heavy atom. The molecule has 2 rings (SSSR count). The molecule has 1 atom stereocenters. The lowest BCUT2D eigenvalue weighted by atomic mass is 10.1. The Bertz CT molecular complexity index is 490. The first-order valence-electron chi connectivity index (χ1n) is 5.00. The maximum Gasteiger partial charge on any atom is 0.316 e. The zero-order valence-electron chi connectivity index (χ0n) is 8.69. The number of hydrogen-bond acceptors (Lipinski definition) is 2. The van der Waals surface area contributed by atoms with Crippen LogP contribution in [0, 0.1) is 17.6 Å². The van der Waals surface area contributed by atoms with E-state index in [0.29, 0.717) is 6.07 Å². The van der Waals surface area contributed by atoms with Crippen LogP contribution in [-0.4, -0.2) is 23.5 Å². The van der Waals surface area contributed by atoms with Crippen molar-refractivity contribution in [2.45, 2.75) is 6.42 Å². The van der Waals surface area contributed by atoms with Crippen molar-refractivity contribution in [1.29, 1.82) is 0 Å². The summed E-state index contributed by atoms with van der Waals surface area (Å²) < 4.78 is 26.1. The number of amides is 1. The van der Waals surface area contributed by atoms with E-state index in [1.54, 1.807) is 0 Å². The van der Waals surface area contributed by atoms with Gasteiger partial charge in [-0.15, -0.1) is 0 Å². The third kappa shape index (κ3) is 1.98. The highest BCUT2D eigenvalue weighted by atomic mass is 19.1. The van der Waals surface area contributed by atoms with Crippen molar-refractivity contribution in [2.75, 3.05) is 11.4 Å². The second-order valence-electron chi connectivity index (χ2n) is 3.77. The molecular formula is C11H9F2NO3. The van der Waals surface area contributed by atoms with Gasteiger partial charge < -0.3 is 10.0 Å². The number of halogens is 2. The average Bonchev–Trinajstić information content (AvgIpc) is 2.60. The molecule has 1 N–H and O–H groups in total. The summed E-state index contributed by atoms with van der Waals surface area (Å²) >= 11 is 0. The van der Waals surface area contributed by atoms with Gasteiger partial charge in [-0.3, -0.25) is 9.59 Å². The monoisotopic (exact) mass is 241 g/mol. The number of hydrogen-bond donors (Lipinski definition) is 1.